The minimum atomic E-state index is -0.443. The summed E-state index contributed by atoms with van der Waals surface area (Å²) >= 11 is 0. The number of ether oxygens (including phenoxy) is 1. The van der Waals surface area contributed by atoms with Gasteiger partial charge in [0.15, 0.2) is 0 Å². The molecule has 0 bridgehead atoms. The third kappa shape index (κ3) is 4.33. The summed E-state index contributed by atoms with van der Waals surface area (Å²) in [6, 6.07) is 13.5. The molecule has 0 radical (unpaired) electrons. The fraction of sp³-hybridized carbons (Fsp3) is 0.435. The van der Waals surface area contributed by atoms with Crippen molar-refractivity contribution in [3.05, 3.63) is 71.3 Å². The number of halogens is 2. The van der Waals surface area contributed by atoms with E-state index in [1.54, 1.807) is 0 Å². The minimum Gasteiger partial charge on any atom is -0.379 e. The molecular formula is C23H26F2N2O2. The van der Waals surface area contributed by atoms with E-state index in [4.69, 9.17) is 4.74 Å². The quantitative estimate of drug-likeness (QED) is 0.783. The maximum absolute atomic E-state index is 14.1. The van der Waals surface area contributed by atoms with Crippen molar-refractivity contribution in [2.45, 2.75) is 25.9 Å². The van der Waals surface area contributed by atoms with Gasteiger partial charge in [-0.1, -0.05) is 30.3 Å². The molecule has 2 aliphatic heterocycles. The van der Waals surface area contributed by atoms with Crippen LogP contribution in [0, 0.1) is 17.0 Å². The Morgan fingerprint density at radius 3 is 2.72 bits per heavy atom. The van der Waals surface area contributed by atoms with Crippen molar-refractivity contribution in [3.8, 4) is 0 Å². The number of benzene rings is 2. The van der Waals surface area contributed by atoms with E-state index in [0.29, 0.717) is 51.4 Å². The van der Waals surface area contributed by atoms with Crippen molar-refractivity contribution in [2.24, 2.45) is 5.41 Å². The van der Waals surface area contributed by atoms with Crippen LogP contribution < -0.4 is 0 Å². The molecule has 4 rings (SSSR count). The fourth-order valence-corrected chi connectivity index (χ4v) is 4.52. The number of carbonyl (C=O) groups excluding carboxylic acids is 1. The molecule has 6 heteroatoms. The fourth-order valence-electron chi connectivity index (χ4n) is 4.52. The first-order chi connectivity index (χ1) is 14.0. The Labute approximate surface area is 170 Å². The molecule has 1 spiro atoms. The maximum atomic E-state index is 14.1. The molecule has 0 unspecified atom stereocenters. The largest absolute Gasteiger partial charge is 0.379 e. The Hall–Kier alpha value is -2.31. The molecule has 2 aromatic carbocycles. The summed E-state index contributed by atoms with van der Waals surface area (Å²) in [5.74, 6) is -0.739. The van der Waals surface area contributed by atoms with Gasteiger partial charge >= 0.3 is 0 Å². The summed E-state index contributed by atoms with van der Waals surface area (Å²) in [6.07, 6.45) is 0.409. The summed E-state index contributed by atoms with van der Waals surface area (Å²) in [4.78, 5) is 16.9. The van der Waals surface area contributed by atoms with E-state index in [0.717, 1.165) is 17.7 Å². The van der Waals surface area contributed by atoms with Crippen LogP contribution in [0.25, 0.3) is 0 Å². The van der Waals surface area contributed by atoms with Crippen molar-refractivity contribution in [1.82, 2.24) is 9.80 Å². The van der Waals surface area contributed by atoms with Crippen LogP contribution in [0.3, 0.4) is 0 Å². The predicted molar refractivity (Wildman–Crippen MR) is 106 cm³/mol. The Balaban J connectivity index is 1.51. The Morgan fingerprint density at radius 2 is 1.93 bits per heavy atom. The van der Waals surface area contributed by atoms with Crippen molar-refractivity contribution in [3.63, 3.8) is 0 Å². The van der Waals surface area contributed by atoms with E-state index >= 15 is 0 Å². The highest BCUT2D eigenvalue weighted by Gasteiger charge is 2.46. The number of nitrogens with zero attached hydrogens (tertiary/aromatic N) is 2. The molecular weight excluding hydrogens is 374 g/mol. The molecule has 2 aromatic rings. The van der Waals surface area contributed by atoms with Gasteiger partial charge in [-0.05, 0) is 30.7 Å². The second-order valence-corrected chi connectivity index (χ2v) is 8.28. The van der Waals surface area contributed by atoms with E-state index in [-0.39, 0.29) is 17.4 Å². The standard InChI is InChI=1S/C23H26F2N2O2/c1-17(18-5-3-2-4-6-18)27-15-23(12-22(27)28)14-26(9-10-29-16-23)13-19-11-20(24)7-8-21(19)25/h2-8,11,17H,9-10,12-16H2,1H3/t17-,23+/m1/s1. The van der Waals surface area contributed by atoms with Gasteiger partial charge in [0.2, 0.25) is 5.91 Å². The van der Waals surface area contributed by atoms with E-state index in [1.165, 1.54) is 6.07 Å². The molecule has 2 fully saturated rings. The average Bonchev–Trinajstić information content (AvgIpc) is 2.90. The van der Waals surface area contributed by atoms with Crippen LogP contribution >= 0.6 is 0 Å². The highest BCUT2D eigenvalue weighted by Crippen LogP contribution is 2.38. The van der Waals surface area contributed by atoms with Gasteiger partial charge in [-0.15, -0.1) is 0 Å². The van der Waals surface area contributed by atoms with Gasteiger partial charge in [0.25, 0.3) is 0 Å². The van der Waals surface area contributed by atoms with Crippen molar-refractivity contribution >= 4 is 5.91 Å². The lowest BCUT2D eigenvalue weighted by molar-refractivity contribution is -0.129. The summed E-state index contributed by atoms with van der Waals surface area (Å²) in [5, 5.41) is 0. The SMILES string of the molecule is C[C@H](c1ccccc1)N1C[C@]2(COCCN(Cc3cc(F)ccc3F)C2)CC1=O. The zero-order chi connectivity index (χ0) is 20.4. The van der Waals surface area contributed by atoms with E-state index < -0.39 is 11.6 Å². The Morgan fingerprint density at radius 1 is 1.14 bits per heavy atom. The molecule has 2 saturated heterocycles. The topological polar surface area (TPSA) is 32.8 Å². The minimum absolute atomic E-state index is 0.0135. The molecule has 29 heavy (non-hydrogen) atoms. The van der Waals surface area contributed by atoms with Crippen LogP contribution in [0.5, 0.6) is 0 Å². The molecule has 2 atom stereocenters. The summed E-state index contributed by atoms with van der Waals surface area (Å²) < 4.78 is 33.5. The van der Waals surface area contributed by atoms with Crippen molar-refractivity contribution in [2.75, 3.05) is 32.8 Å². The van der Waals surface area contributed by atoms with Gasteiger partial charge in [-0.3, -0.25) is 9.69 Å². The monoisotopic (exact) mass is 400 g/mol. The van der Waals surface area contributed by atoms with Crippen LogP contribution in [0.15, 0.2) is 48.5 Å². The van der Waals surface area contributed by atoms with Crippen molar-refractivity contribution in [1.29, 1.82) is 0 Å². The van der Waals surface area contributed by atoms with Crippen LogP contribution in [-0.2, 0) is 16.1 Å². The van der Waals surface area contributed by atoms with Gasteiger partial charge in [-0.25, -0.2) is 8.78 Å². The zero-order valence-corrected chi connectivity index (χ0v) is 16.6. The second kappa shape index (κ2) is 8.20. The number of hydrogen-bond donors (Lipinski definition) is 0. The molecule has 0 saturated carbocycles. The van der Waals surface area contributed by atoms with E-state index in [1.807, 2.05) is 42.2 Å². The normalized spacial score (nSPS) is 24.1. The Kier molecular flexibility index (Phi) is 5.65. The first kappa shape index (κ1) is 20.0. The lowest BCUT2D eigenvalue weighted by Crippen LogP contribution is -2.41. The van der Waals surface area contributed by atoms with Crippen LogP contribution in [-0.4, -0.2) is 48.6 Å². The summed E-state index contributed by atoms with van der Waals surface area (Å²) in [5.41, 5.74) is 1.10. The third-order valence-electron chi connectivity index (χ3n) is 6.02. The number of carbonyl (C=O) groups is 1. The maximum Gasteiger partial charge on any atom is 0.223 e. The first-order valence-corrected chi connectivity index (χ1v) is 10.0. The number of hydrogen-bond acceptors (Lipinski definition) is 3. The summed E-state index contributed by atoms with van der Waals surface area (Å²) in [6.45, 7) is 5.21. The average molecular weight is 400 g/mol. The van der Waals surface area contributed by atoms with Crippen LogP contribution in [0.2, 0.25) is 0 Å². The van der Waals surface area contributed by atoms with Gasteiger partial charge in [0.05, 0.1) is 19.3 Å². The molecule has 2 aliphatic rings. The van der Waals surface area contributed by atoms with Gasteiger partial charge < -0.3 is 9.64 Å². The molecule has 4 nitrogen and oxygen atoms in total. The third-order valence-corrected chi connectivity index (χ3v) is 6.02. The molecule has 0 aliphatic carbocycles. The zero-order valence-electron chi connectivity index (χ0n) is 16.6. The van der Waals surface area contributed by atoms with Gasteiger partial charge in [0.1, 0.15) is 11.6 Å². The number of rotatable bonds is 4. The lowest BCUT2D eigenvalue weighted by Gasteiger charge is -2.33. The predicted octanol–water partition coefficient (Wildman–Crippen LogP) is 3.78. The molecule has 154 valence electrons. The van der Waals surface area contributed by atoms with E-state index in [2.05, 4.69) is 4.90 Å². The van der Waals surface area contributed by atoms with E-state index in [9.17, 15) is 13.6 Å². The first-order valence-electron chi connectivity index (χ1n) is 10.0. The van der Waals surface area contributed by atoms with Crippen LogP contribution in [0.4, 0.5) is 8.78 Å². The van der Waals surface area contributed by atoms with Crippen molar-refractivity contribution < 1.29 is 18.3 Å². The number of amides is 1. The van der Waals surface area contributed by atoms with Gasteiger partial charge in [0, 0.05) is 43.6 Å². The molecule has 0 N–H and O–H groups in total. The molecule has 0 aromatic heterocycles. The molecule has 2 heterocycles. The molecule has 1 amide bonds. The second-order valence-electron chi connectivity index (χ2n) is 8.28. The smallest absolute Gasteiger partial charge is 0.223 e. The highest BCUT2D eigenvalue weighted by atomic mass is 19.1. The number of likely N-dealkylation sites (tertiary alicyclic amines) is 1. The Bertz CT molecular complexity index is 876. The lowest BCUT2D eigenvalue weighted by atomic mass is 9.87. The van der Waals surface area contributed by atoms with Gasteiger partial charge in [-0.2, -0.15) is 0 Å². The highest BCUT2D eigenvalue weighted by molar-refractivity contribution is 5.80. The van der Waals surface area contributed by atoms with Crippen LogP contribution in [0.1, 0.15) is 30.5 Å². The summed E-state index contributed by atoms with van der Waals surface area (Å²) in [7, 11) is 0.